The average Bonchev–Trinajstić information content (AvgIpc) is 3.08. The van der Waals surface area contributed by atoms with E-state index in [-0.39, 0.29) is 23.5 Å². The van der Waals surface area contributed by atoms with Crippen LogP contribution in [0.25, 0.3) is 0 Å². The summed E-state index contributed by atoms with van der Waals surface area (Å²) < 4.78 is 38.0. The number of aromatic hydroxyl groups is 1. The number of benzene rings is 1. The summed E-state index contributed by atoms with van der Waals surface area (Å²) in [6.45, 7) is 0.335. The van der Waals surface area contributed by atoms with Crippen LogP contribution in [0.1, 0.15) is 18.9 Å². The first-order chi connectivity index (χ1) is 22.9. The molecule has 0 saturated carbocycles. The van der Waals surface area contributed by atoms with Gasteiger partial charge in [0.1, 0.15) is 61.2 Å². The van der Waals surface area contributed by atoms with Gasteiger partial charge in [0.2, 0.25) is 6.29 Å². The first-order valence-electron chi connectivity index (χ1n) is 15.2. The lowest BCUT2D eigenvalue weighted by molar-refractivity contribution is -0.327. The minimum Gasteiger partial charge on any atom is -0.508 e. The largest absolute Gasteiger partial charge is 0.508 e. The molecule has 0 aromatic heterocycles. The average molecular weight is 687 g/mol. The molecule has 2 saturated heterocycles. The smallest absolute Gasteiger partial charge is 0.337 e. The molecule has 268 valence electrons. The maximum absolute atomic E-state index is 13.1. The van der Waals surface area contributed by atoms with Crippen molar-refractivity contribution in [2.24, 2.45) is 5.92 Å². The number of carbonyl (C=O) groups is 2. The highest BCUT2D eigenvalue weighted by atomic mass is 16.8. The lowest BCUT2D eigenvalue weighted by Gasteiger charge is -2.42. The Hall–Kier alpha value is -3.20. The highest BCUT2D eigenvalue weighted by molar-refractivity contribution is 5.90. The lowest BCUT2D eigenvalue weighted by atomic mass is 9.86. The summed E-state index contributed by atoms with van der Waals surface area (Å²) in [5.74, 6) is -2.69. The second kappa shape index (κ2) is 17.0. The normalized spacial score (nSPS) is 36.2. The third-order valence-corrected chi connectivity index (χ3v) is 8.29. The second-order valence-corrected chi connectivity index (χ2v) is 11.4. The van der Waals surface area contributed by atoms with Gasteiger partial charge in [-0.3, -0.25) is 4.79 Å². The van der Waals surface area contributed by atoms with E-state index in [9.17, 15) is 50.4 Å². The van der Waals surface area contributed by atoms with Crippen LogP contribution >= 0.6 is 0 Å². The number of hydrogen-bond acceptors (Lipinski definition) is 17. The minimum absolute atomic E-state index is 0.0483. The third kappa shape index (κ3) is 8.68. The number of aliphatic hydroxyl groups excluding tert-OH is 7. The Balaban J connectivity index is 1.39. The van der Waals surface area contributed by atoms with Gasteiger partial charge in [-0.25, -0.2) is 4.79 Å². The molecular formula is C31H42O17. The number of allylic oxidation sites excluding steroid dienone is 1. The molecule has 0 unspecified atom stereocenters. The van der Waals surface area contributed by atoms with Crippen molar-refractivity contribution in [1.82, 2.24) is 0 Å². The van der Waals surface area contributed by atoms with Gasteiger partial charge in [0.05, 0.1) is 38.6 Å². The fraction of sp³-hybridized carbons (Fsp3) is 0.613. The number of phenols is 1. The molecule has 1 aromatic carbocycles. The molecule has 1 aromatic rings. The highest BCUT2D eigenvalue weighted by Crippen LogP contribution is 2.36. The molecule has 0 bridgehead atoms. The SMILES string of the molecule is C/C=C1\[C@H](O[C@@H]2O[C@H](CO)[C@@H](O)[C@H](O)[C@H]2O)OC=C(C(=O)OC)[C@H]1CC(=O)OC[C@@H]1O[C@H](OCCc2ccc(O)cc2)[C@@H](O)[C@H](O)[C@H]1O. The van der Waals surface area contributed by atoms with E-state index >= 15 is 0 Å². The molecule has 48 heavy (non-hydrogen) atoms. The summed E-state index contributed by atoms with van der Waals surface area (Å²) >= 11 is 0. The molecule has 3 aliphatic heterocycles. The van der Waals surface area contributed by atoms with Gasteiger partial charge in [0, 0.05) is 11.5 Å². The fourth-order valence-electron chi connectivity index (χ4n) is 5.47. The molecule has 3 heterocycles. The van der Waals surface area contributed by atoms with Gasteiger partial charge in [-0.05, 0) is 31.0 Å². The summed E-state index contributed by atoms with van der Waals surface area (Å²) in [5, 5.41) is 80.8. The zero-order valence-corrected chi connectivity index (χ0v) is 26.2. The molecule has 17 nitrogen and oxygen atoms in total. The summed E-state index contributed by atoms with van der Waals surface area (Å²) in [6, 6.07) is 6.37. The van der Waals surface area contributed by atoms with Gasteiger partial charge in [0.15, 0.2) is 12.6 Å². The zero-order valence-electron chi connectivity index (χ0n) is 26.2. The number of hydrogen-bond donors (Lipinski definition) is 8. The summed E-state index contributed by atoms with van der Waals surface area (Å²) in [4.78, 5) is 25.7. The Morgan fingerprint density at radius 1 is 0.875 bits per heavy atom. The molecule has 4 rings (SSSR count). The second-order valence-electron chi connectivity index (χ2n) is 11.4. The Bertz CT molecular complexity index is 1280. The van der Waals surface area contributed by atoms with E-state index in [4.69, 9.17) is 33.2 Å². The fourth-order valence-corrected chi connectivity index (χ4v) is 5.47. The molecule has 8 N–H and O–H groups in total. The minimum atomic E-state index is -1.75. The van der Waals surface area contributed by atoms with E-state index in [0.717, 1.165) is 18.9 Å². The predicted molar refractivity (Wildman–Crippen MR) is 157 cm³/mol. The number of aliphatic hydroxyl groups is 7. The molecule has 0 amide bonds. The number of esters is 2. The van der Waals surface area contributed by atoms with E-state index in [1.807, 2.05) is 0 Å². The van der Waals surface area contributed by atoms with Crippen molar-refractivity contribution in [3.8, 4) is 5.75 Å². The lowest BCUT2D eigenvalue weighted by Crippen LogP contribution is -2.60. The Labute approximate surface area is 275 Å². The molecule has 0 radical (unpaired) electrons. The van der Waals surface area contributed by atoms with Crippen molar-refractivity contribution >= 4 is 11.9 Å². The van der Waals surface area contributed by atoms with E-state index in [1.165, 1.54) is 18.2 Å². The first-order valence-corrected chi connectivity index (χ1v) is 15.2. The van der Waals surface area contributed by atoms with Crippen LogP contribution in [0.5, 0.6) is 5.75 Å². The van der Waals surface area contributed by atoms with E-state index in [2.05, 4.69) is 0 Å². The van der Waals surface area contributed by atoms with Gasteiger partial charge >= 0.3 is 11.9 Å². The van der Waals surface area contributed by atoms with Crippen LogP contribution in [0, 0.1) is 5.92 Å². The van der Waals surface area contributed by atoms with Gasteiger partial charge in [-0.15, -0.1) is 0 Å². The van der Waals surface area contributed by atoms with Crippen molar-refractivity contribution in [3.63, 3.8) is 0 Å². The molecular weight excluding hydrogens is 644 g/mol. The predicted octanol–water partition coefficient (Wildman–Crippen LogP) is -2.52. The van der Waals surface area contributed by atoms with E-state index in [1.54, 1.807) is 19.1 Å². The Kier molecular flexibility index (Phi) is 13.3. The summed E-state index contributed by atoms with van der Waals surface area (Å²) in [7, 11) is 1.12. The van der Waals surface area contributed by atoms with E-state index in [0.29, 0.717) is 6.42 Å². The first kappa shape index (κ1) is 37.6. The van der Waals surface area contributed by atoms with Gasteiger partial charge in [-0.1, -0.05) is 18.2 Å². The maximum Gasteiger partial charge on any atom is 0.337 e. The number of rotatable bonds is 12. The maximum atomic E-state index is 13.1. The Morgan fingerprint density at radius 2 is 1.50 bits per heavy atom. The quantitative estimate of drug-likeness (QED) is 0.0834. The van der Waals surface area contributed by atoms with Gasteiger partial charge in [-0.2, -0.15) is 0 Å². The summed E-state index contributed by atoms with van der Waals surface area (Å²) in [6.07, 6.45) is -14.6. The Morgan fingerprint density at radius 3 is 2.12 bits per heavy atom. The van der Waals surface area contributed by atoms with E-state index < -0.39 is 105 Å². The van der Waals surface area contributed by atoms with Crippen LogP contribution < -0.4 is 0 Å². The number of carbonyl (C=O) groups excluding carboxylic acids is 2. The highest BCUT2D eigenvalue weighted by Gasteiger charge is 2.48. The van der Waals surface area contributed by atoms with Crippen LogP contribution in [-0.4, -0.2) is 147 Å². The molecule has 12 atom stereocenters. The molecule has 0 spiro atoms. The monoisotopic (exact) mass is 686 g/mol. The topological polar surface area (TPSA) is 261 Å². The van der Waals surface area contributed by atoms with Crippen LogP contribution in [0.4, 0.5) is 0 Å². The number of methoxy groups -OCH3 is 1. The number of ether oxygens (including phenoxy) is 7. The molecule has 17 heteroatoms. The van der Waals surface area contributed by atoms with Crippen molar-refractivity contribution in [2.45, 2.75) is 87.5 Å². The van der Waals surface area contributed by atoms with Gasteiger partial charge in [0.25, 0.3) is 0 Å². The standard InChI is InChI=1S/C31H42O17/c1-3-16-17(18(28(41)42-2)12-45-29(16)48-31-27(40)24(37)22(35)19(11-32)46-31)10-21(34)44-13-20-23(36)25(38)26(39)30(47-20)43-9-8-14-4-6-15(33)7-5-14/h3-7,12,17,19-20,22-27,29-33,35-40H,8-11,13H2,1-2H3/b16-3-/t17-,19+,20-,22+,23-,24-,25+,26-,27+,29-,30-,31-/m0/s1. The number of phenolic OH excluding ortho intramolecular Hbond substituents is 1. The van der Waals surface area contributed by atoms with Crippen molar-refractivity contribution in [1.29, 1.82) is 0 Å². The third-order valence-electron chi connectivity index (χ3n) is 8.29. The summed E-state index contributed by atoms with van der Waals surface area (Å²) in [5.41, 5.74) is 0.922. The van der Waals surface area contributed by atoms with Crippen molar-refractivity contribution in [2.75, 3.05) is 26.9 Å². The van der Waals surface area contributed by atoms with Crippen molar-refractivity contribution in [3.05, 3.63) is 53.3 Å². The molecule has 3 aliphatic rings. The van der Waals surface area contributed by atoms with Crippen LogP contribution in [0.2, 0.25) is 0 Å². The van der Waals surface area contributed by atoms with Crippen molar-refractivity contribution < 1.29 is 83.6 Å². The van der Waals surface area contributed by atoms with Crippen LogP contribution in [0.15, 0.2) is 47.7 Å². The van der Waals surface area contributed by atoms with Crippen LogP contribution in [0.3, 0.4) is 0 Å². The zero-order chi connectivity index (χ0) is 35.1. The van der Waals surface area contributed by atoms with Gasteiger partial charge < -0.3 is 74.0 Å². The van der Waals surface area contributed by atoms with Crippen LogP contribution in [-0.2, 0) is 49.2 Å². The molecule has 2 fully saturated rings. The molecule has 0 aliphatic carbocycles.